The third-order valence-electron chi connectivity index (χ3n) is 7.13. The maximum absolute atomic E-state index is 13.6. The minimum atomic E-state index is -0.979. The summed E-state index contributed by atoms with van der Waals surface area (Å²) in [6.07, 6.45) is 7.34. The van der Waals surface area contributed by atoms with Gasteiger partial charge < -0.3 is 5.11 Å². The van der Waals surface area contributed by atoms with Gasteiger partial charge in [0.15, 0.2) is 0 Å². The summed E-state index contributed by atoms with van der Waals surface area (Å²) < 4.78 is 1.64. The van der Waals surface area contributed by atoms with Gasteiger partial charge in [0.05, 0.1) is 11.3 Å². The third-order valence-corrected chi connectivity index (χ3v) is 7.13. The smallest absolute Gasteiger partial charge is 0.338 e. The standard InChI is InChI=1S/C26H28N2O3/c29-25-21-14-6-5-13-20(21)24(26(30)31)23(28(25)19-11-2-1-3-12-19)17-27-16-8-10-18-9-4-7-15-22(18)27/h1-3,5-6,11-14,18,22H,4,7-10,15-17H2,(H,30,31). The zero-order valence-electron chi connectivity index (χ0n) is 17.7. The van der Waals surface area contributed by atoms with Crippen LogP contribution in [0.5, 0.6) is 0 Å². The van der Waals surface area contributed by atoms with Crippen molar-refractivity contribution in [2.45, 2.75) is 51.1 Å². The van der Waals surface area contributed by atoms with E-state index in [4.69, 9.17) is 0 Å². The molecular weight excluding hydrogens is 388 g/mol. The van der Waals surface area contributed by atoms with Crippen molar-refractivity contribution in [2.24, 2.45) is 5.92 Å². The molecule has 1 saturated heterocycles. The van der Waals surface area contributed by atoms with Crippen LogP contribution in [0.25, 0.3) is 16.5 Å². The highest BCUT2D eigenvalue weighted by molar-refractivity contribution is 6.04. The van der Waals surface area contributed by atoms with Crippen molar-refractivity contribution < 1.29 is 9.90 Å². The number of carboxylic acid groups (broad SMARTS) is 1. The van der Waals surface area contributed by atoms with Crippen molar-refractivity contribution in [1.29, 1.82) is 0 Å². The van der Waals surface area contributed by atoms with Gasteiger partial charge in [0, 0.05) is 29.0 Å². The third kappa shape index (κ3) is 3.57. The van der Waals surface area contributed by atoms with E-state index in [1.165, 1.54) is 25.7 Å². The summed E-state index contributed by atoms with van der Waals surface area (Å²) in [5.41, 5.74) is 1.40. The molecule has 31 heavy (non-hydrogen) atoms. The van der Waals surface area contributed by atoms with Crippen molar-refractivity contribution in [3.63, 3.8) is 0 Å². The number of carbonyl (C=O) groups is 1. The van der Waals surface area contributed by atoms with Gasteiger partial charge >= 0.3 is 5.97 Å². The van der Waals surface area contributed by atoms with Gasteiger partial charge in [-0.3, -0.25) is 14.3 Å². The van der Waals surface area contributed by atoms with Crippen molar-refractivity contribution >= 4 is 16.7 Å². The fourth-order valence-electron chi connectivity index (χ4n) is 5.75. The van der Waals surface area contributed by atoms with E-state index in [-0.39, 0.29) is 11.1 Å². The molecular formula is C26H28N2O3. The predicted octanol–water partition coefficient (Wildman–Crippen LogP) is 4.84. The number of hydrogen-bond donors (Lipinski definition) is 1. The number of likely N-dealkylation sites (tertiary alicyclic amines) is 1. The fourth-order valence-corrected chi connectivity index (χ4v) is 5.75. The maximum Gasteiger partial charge on any atom is 0.338 e. The average molecular weight is 417 g/mol. The number of carboxylic acids is 1. The van der Waals surface area contributed by atoms with E-state index in [1.807, 2.05) is 36.4 Å². The Labute approximate surface area is 181 Å². The molecule has 0 amide bonds. The number of piperidine rings is 1. The number of rotatable bonds is 4. The number of pyridine rings is 1. The molecule has 160 valence electrons. The molecule has 1 aliphatic carbocycles. The quantitative estimate of drug-likeness (QED) is 0.661. The molecule has 5 rings (SSSR count). The Balaban J connectivity index is 1.73. The van der Waals surface area contributed by atoms with E-state index >= 15 is 0 Å². The van der Waals surface area contributed by atoms with Gasteiger partial charge in [-0.05, 0) is 56.3 Å². The number of benzene rings is 2. The maximum atomic E-state index is 13.6. The molecule has 5 heteroatoms. The van der Waals surface area contributed by atoms with Crippen LogP contribution in [-0.4, -0.2) is 33.1 Å². The van der Waals surface area contributed by atoms with E-state index in [0.717, 1.165) is 19.4 Å². The van der Waals surface area contributed by atoms with Crippen LogP contribution in [-0.2, 0) is 6.54 Å². The Morgan fingerprint density at radius 1 is 0.903 bits per heavy atom. The molecule has 2 heterocycles. The van der Waals surface area contributed by atoms with Crippen LogP contribution in [0.3, 0.4) is 0 Å². The molecule has 0 spiro atoms. The van der Waals surface area contributed by atoms with Crippen LogP contribution in [0.4, 0.5) is 0 Å². The largest absolute Gasteiger partial charge is 0.478 e. The lowest BCUT2D eigenvalue weighted by molar-refractivity contribution is 0.0520. The highest BCUT2D eigenvalue weighted by Gasteiger charge is 2.34. The molecule has 2 unspecified atom stereocenters. The molecule has 1 aliphatic heterocycles. The molecule has 2 aliphatic rings. The van der Waals surface area contributed by atoms with Crippen LogP contribution < -0.4 is 5.56 Å². The van der Waals surface area contributed by atoms with Crippen molar-refractivity contribution in [1.82, 2.24) is 9.47 Å². The highest BCUT2D eigenvalue weighted by atomic mass is 16.4. The molecule has 3 aromatic rings. The summed E-state index contributed by atoms with van der Waals surface area (Å²) in [5.74, 6) is -0.291. The van der Waals surface area contributed by atoms with E-state index in [9.17, 15) is 14.7 Å². The lowest BCUT2D eigenvalue weighted by Crippen LogP contribution is -2.47. The van der Waals surface area contributed by atoms with Crippen molar-refractivity contribution in [3.05, 3.63) is 76.2 Å². The van der Waals surface area contributed by atoms with Crippen LogP contribution in [0.15, 0.2) is 59.4 Å². The van der Waals surface area contributed by atoms with E-state index < -0.39 is 5.97 Å². The summed E-state index contributed by atoms with van der Waals surface area (Å²) in [6.45, 7) is 1.44. The predicted molar refractivity (Wildman–Crippen MR) is 122 cm³/mol. The van der Waals surface area contributed by atoms with Crippen LogP contribution >= 0.6 is 0 Å². The van der Waals surface area contributed by atoms with Gasteiger partial charge in [-0.25, -0.2) is 4.79 Å². The lowest BCUT2D eigenvalue weighted by atomic mass is 9.78. The van der Waals surface area contributed by atoms with Crippen molar-refractivity contribution in [2.75, 3.05) is 6.54 Å². The van der Waals surface area contributed by atoms with Gasteiger partial charge in [-0.1, -0.05) is 49.2 Å². The van der Waals surface area contributed by atoms with E-state index in [0.29, 0.717) is 40.7 Å². The summed E-state index contributed by atoms with van der Waals surface area (Å²) in [4.78, 5) is 28.6. The number of nitrogens with zero attached hydrogens (tertiary/aromatic N) is 2. The van der Waals surface area contributed by atoms with Crippen LogP contribution in [0.1, 0.15) is 54.6 Å². The van der Waals surface area contributed by atoms with Gasteiger partial charge in [0.1, 0.15) is 0 Å². The first kappa shape index (κ1) is 20.0. The van der Waals surface area contributed by atoms with Crippen LogP contribution in [0.2, 0.25) is 0 Å². The zero-order valence-corrected chi connectivity index (χ0v) is 17.7. The first-order valence-corrected chi connectivity index (χ1v) is 11.3. The number of aromatic carboxylic acids is 1. The Hall–Kier alpha value is -2.92. The topological polar surface area (TPSA) is 62.5 Å². The second-order valence-corrected chi connectivity index (χ2v) is 8.87. The number of fused-ring (bicyclic) bond motifs is 2. The Morgan fingerprint density at radius 3 is 2.35 bits per heavy atom. The summed E-state index contributed by atoms with van der Waals surface area (Å²) in [7, 11) is 0. The zero-order chi connectivity index (χ0) is 21.4. The molecule has 1 saturated carbocycles. The SMILES string of the molecule is O=C(O)c1c(CN2CCCC3CCCCC32)n(-c2ccccc2)c(=O)c2ccccc12. The Kier molecular flexibility index (Phi) is 5.36. The molecule has 2 aromatic carbocycles. The average Bonchev–Trinajstić information content (AvgIpc) is 2.80. The molecule has 2 fully saturated rings. The van der Waals surface area contributed by atoms with Gasteiger partial charge in [0.2, 0.25) is 0 Å². The second-order valence-electron chi connectivity index (χ2n) is 8.87. The molecule has 2 atom stereocenters. The van der Waals surface area contributed by atoms with Crippen LogP contribution in [0, 0.1) is 5.92 Å². The minimum Gasteiger partial charge on any atom is -0.478 e. The Morgan fingerprint density at radius 2 is 1.58 bits per heavy atom. The highest BCUT2D eigenvalue weighted by Crippen LogP contribution is 2.36. The summed E-state index contributed by atoms with van der Waals surface area (Å²) in [6, 6.07) is 17.0. The Bertz CT molecular complexity index is 1170. The van der Waals surface area contributed by atoms with Gasteiger partial charge in [-0.2, -0.15) is 0 Å². The van der Waals surface area contributed by atoms with Crippen molar-refractivity contribution in [3.8, 4) is 5.69 Å². The normalized spacial score (nSPS) is 21.7. The molecule has 5 nitrogen and oxygen atoms in total. The molecule has 1 N–H and O–H groups in total. The van der Waals surface area contributed by atoms with Gasteiger partial charge in [-0.15, -0.1) is 0 Å². The molecule has 1 aromatic heterocycles. The number of para-hydroxylation sites is 1. The lowest BCUT2D eigenvalue weighted by Gasteiger charge is -2.44. The number of aromatic nitrogens is 1. The molecule has 0 radical (unpaired) electrons. The monoisotopic (exact) mass is 416 g/mol. The summed E-state index contributed by atoms with van der Waals surface area (Å²) >= 11 is 0. The van der Waals surface area contributed by atoms with E-state index in [2.05, 4.69) is 4.90 Å². The second kappa shape index (κ2) is 8.31. The number of hydrogen-bond acceptors (Lipinski definition) is 3. The first-order chi connectivity index (χ1) is 15.1. The minimum absolute atomic E-state index is 0.154. The summed E-state index contributed by atoms with van der Waals surface area (Å²) in [5, 5.41) is 11.2. The molecule has 0 bridgehead atoms. The van der Waals surface area contributed by atoms with Gasteiger partial charge in [0.25, 0.3) is 5.56 Å². The first-order valence-electron chi connectivity index (χ1n) is 11.3. The van der Waals surface area contributed by atoms with E-state index in [1.54, 1.807) is 22.8 Å². The fraction of sp³-hybridized carbons (Fsp3) is 0.385.